The first-order valence-electron chi connectivity index (χ1n) is 6.91. The van der Waals surface area contributed by atoms with E-state index < -0.39 is 9.84 Å². The highest BCUT2D eigenvalue weighted by molar-refractivity contribution is 7.91. The van der Waals surface area contributed by atoms with Crippen LogP contribution in [-0.4, -0.2) is 38.5 Å². The smallest absolute Gasteiger partial charge is 0.150 e. The average Bonchev–Trinajstić information content (AvgIpc) is 2.77. The van der Waals surface area contributed by atoms with Crippen molar-refractivity contribution in [3.63, 3.8) is 0 Å². The molecule has 0 N–H and O–H groups in total. The van der Waals surface area contributed by atoms with E-state index in [1.54, 1.807) is 6.07 Å². The quantitative estimate of drug-likeness (QED) is 0.872. The normalized spacial score (nSPS) is 20.8. The van der Waals surface area contributed by atoms with Crippen LogP contribution in [0.1, 0.15) is 6.42 Å². The highest BCUT2D eigenvalue weighted by Crippen LogP contribution is 2.23. The van der Waals surface area contributed by atoms with E-state index in [0.717, 1.165) is 11.2 Å². The van der Waals surface area contributed by atoms with Crippen LogP contribution in [0.5, 0.6) is 0 Å². The molecule has 0 unspecified atom stereocenters. The maximum Gasteiger partial charge on any atom is 0.150 e. The fourth-order valence-corrected chi connectivity index (χ4v) is 4.64. The Bertz CT molecular complexity index is 776. The highest BCUT2D eigenvalue weighted by Gasteiger charge is 2.28. The molecule has 1 aliphatic rings. The first kappa shape index (κ1) is 14.3. The summed E-state index contributed by atoms with van der Waals surface area (Å²) in [6.07, 6.45) is 0.703. The van der Waals surface area contributed by atoms with Gasteiger partial charge in [0.1, 0.15) is 11.6 Å². The predicted molar refractivity (Wildman–Crippen MR) is 81.7 cm³/mol. The minimum atomic E-state index is -2.86. The molecule has 1 atom stereocenters. The number of hydrogen-bond donors (Lipinski definition) is 0. The molecular weight excluding hydrogens is 291 g/mol. The summed E-state index contributed by atoms with van der Waals surface area (Å²) in [5, 5.41) is 0.886. The molecule has 6 heteroatoms. The van der Waals surface area contributed by atoms with Crippen LogP contribution >= 0.6 is 0 Å². The predicted octanol–water partition coefficient (Wildman–Crippen LogP) is 2.24. The molecule has 1 aromatic carbocycles. The average molecular weight is 308 g/mol. The Morgan fingerprint density at radius 3 is 2.81 bits per heavy atom. The molecule has 4 nitrogen and oxygen atoms in total. The molecule has 0 spiro atoms. The number of anilines is 1. The van der Waals surface area contributed by atoms with Crippen molar-refractivity contribution in [3.05, 3.63) is 36.1 Å². The van der Waals surface area contributed by atoms with Gasteiger partial charge in [0.2, 0.25) is 0 Å². The second-order valence-corrected chi connectivity index (χ2v) is 7.88. The lowest BCUT2D eigenvalue weighted by atomic mass is 10.1. The zero-order valence-electron chi connectivity index (χ0n) is 11.8. The molecule has 0 saturated carbocycles. The van der Waals surface area contributed by atoms with Gasteiger partial charge < -0.3 is 4.90 Å². The molecule has 1 aliphatic heterocycles. The summed E-state index contributed by atoms with van der Waals surface area (Å²) in [4.78, 5) is 6.39. The lowest BCUT2D eigenvalue weighted by Gasteiger charge is -2.21. The van der Waals surface area contributed by atoms with Crippen LogP contribution in [-0.2, 0) is 9.84 Å². The van der Waals surface area contributed by atoms with Gasteiger partial charge in [-0.2, -0.15) is 0 Å². The first-order chi connectivity index (χ1) is 9.93. The van der Waals surface area contributed by atoms with E-state index in [1.807, 2.05) is 24.1 Å². The molecular formula is C15H17FN2O2S. The Labute approximate surface area is 123 Å². The second kappa shape index (κ2) is 5.26. The van der Waals surface area contributed by atoms with Gasteiger partial charge in [0, 0.05) is 25.0 Å². The number of hydrogen-bond acceptors (Lipinski definition) is 4. The van der Waals surface area contributed by atoms with Crippen LogP contribution in [0, 0.1) is 11.7 Å². The van der Waals surface area contributed by atoms with Crippen molar-refractivity contribution in [1.82, 2.24) is 4.98 Å². The summed E-state index contributed by atoms with van der Waals surface area (Å²) >= 11 is 0. The number of fused-ring (bicyclic) bond motifs is 1. The summed E-state index contributed by atoms with van der Waals surface area (Å²) in [6.45, 7) is 0.646. The third kappa shape index (κ3) is 3.15. The SMILES string of the molecule is CN(C[C@@H]1CCS(=O)(=O)C1)c1ccc2ccc(F)cc2n1. The second-order valence-electron chi connectivity index (χ2n) is 5.66. The number of sulfone groups is 1. The lowest BCUT2D eigenvalue weighted by Crippen LogP contribution is -2.26. The van der Waals surface area contributed by atoms with Crippen molar-refractivity contribution in [2.24, 2.45) is 5.92 Å². The maximum absolute atomic E-state index is 13.3. The number of nitrogens with zero attached hydrogens (tertiary/aromatic N) is 2. The van der Waals surface area contributed by atoms with E-state index in [4.69, 9.17) is 0 Å². The molecule has 112 valence electrons. The van der Waals surface area contributed by atoms with Gasteiger partial charge in [-0.25, -0.2) is 17.8 Å². The summed E-state index contributed by atoms with van der Waals surface area (Å²) < 4.78 is 36.3. The maximum atomic E-state index is 13.3. The molecule has 1 saturated heterocycles. The number of rotatable bonds is 3. The molecule has 21 heavy (non-hydrogen) atoms. The van der Waals surface area contributed by atoms with E-state index in [1.165, 1.54) is 12.1 Å². The van der Waals surface area contributed by atoms with E-state index in [0.29, 0.717) is 18.5 Å². The van der Waals surface area contributed by atoms with Gasteiger partial charge >= 0.3 is 0 Å². The van der Waals surface area contributed by atoms with Crippen molar-refractivity contribution in [2.75, 3.05) is 30.0 Å². The zero-order valence-corrected chi connectivity index (χ0v) is 12.6. The van der Waals surface area contributed by atoms with Gasteiger partial charge in [-0.1, -0.05) is 0 Å². The molecule has 1 fully saturated rings. The largest absolute Gasteiger partial charge is 0.359 e. The lowest BCUT2D eigenvalue weighted by molar-refractivity contribution is 0.580. The Balaban J connectivity index is 1.80. The van der Waals surface area contributed by atoms with Crippen molar-refractivity contribution < 1.29 is 12.8 Å². The first-order valence-corrected chi connectivity index (χ1v) is 8.73. The molecule has 1 aromatic heterocycles. The summed E-state index contributed by atoms with van der Waals surface area (Å²) in [5.74, 6) is 1.10. The van der Waals surface area contributed by atoms with Gasteiger partial charge in [-0.3, -0.25) is 0 Å². The zero-order chi connectivity index (χ0) is 15.0. The molecule has 2 aromatic rings. The highest BCUT2D eigenvalue weighted by atomic mass is 32.2. The van der Waals surface area contributed by atoms with Gasteiger partial charge in [0.15, 0.2) is 9.84 Å². The molecule has 2 heterocycles. The number of pyridine rings is 1. The van der Waals surface area contributed by atoms with Crippen LogP contribution in [0.4, 0.5) is 10.2 Å². The van der Waals surface area contributed by atoms with Crippen LogP contribution in [0.15, 0.2) is 30.3 Å². The van der Waals surface area contributed by atoms with E-state index in [2.05, 4.69) is 4.98 Å². The van der Waals surface area contributed by atoms with E-state index in [9.17, 15) is 12.8 Å². The Morgan fingerprint density at radius 2 is 2.10 bits per heavy atom. The fraction of sp³-hybridized carbons (Fsp3) is 0.400. The van der Waals surface area contributed by atoms with Crippen molar-refractivity contribution >= 4 is 26.6 Å². The van der Waals surface area contributed by atoms with Gasteiger partial charge in [0.25, 0.3) is 0 Å². The third-order valence-electron chi connectivity index (χ3n) is 3.89. The third-order valence-corrected chi connectivity index (χ3v) is 5.73. The molecule has 0 amide bonds. The minimum Gasteiger partial charge on any atom is -0.359 e. The Morgan fingerprint density at radius 1 is 1.33 bits per heavy atom. The van der Waals surface area contributed by atoms with Gasteiger partial charge in [0.05, 0.1) is 17.0 Å². The van der Waals surface area contributed by atoms with Crippen LogP contribution in [0.3, 0.4) is 0 Å². The molecule has 0 aliphatic carbocycles. The number of halogens is 1. The standard InChI is InChI=1S/C15H17FN2O2S/c1-18(9-11-6-7-21(19,20)10-11)15-5-3-12-2-4-13(16)8-14(12)17-15/h2-5,8,11H,6-7,9-10H2,1H3/t11-/m0/s1. The van der Waals surface area contributed by atoms with Gasteiger partial charge in [-0.05, 0) is 36.6 Å². The monoisotopic (exact) mass is 308 g/mol. The molecule has 0 radical (unpaired) electrons. The summed E-state index contributed by atoms with van der Waals surface area (Å²) in [7, 11) is -0.973. The Hall–Kier alpha value is -1.69. The van der Waals surface area contributed by atoms with E-state index >= 15 is 0 Å². The van der Waals surface area contributed by atoms with Crippen molar-refractivity contribution in [2.45, 2.75) is 6.42 Å². The minimum absolute atomic E-state index is 0.144. The van der Waals surface area contributed by atoms with Crippen LogP contribution < -0.4 is 4.90 Å². The van der Waals surface area contributed by atoms with Crippen molar-refractivity contribution in [1.29, 1.82) is 0 Å². The number of benzene rings is 1. The van der Waals surface area contributed by atoms with Crippen LogP contribution in [0.2, 0.25) is 0 Å². The van der Waals surface area contributed by atoms with Gasteiger partial charge in [-0.15, -0.1) is 0 Å². The molecule has 3 rings (SSSR count). The fourth-order valence-electron chi connectivity index (χ4n) is 2.79. The van der Waals surface area contributed by atoms with Crippen LogP contribution in [0.25, 0.3) is 10.9 Å². The molecule has 0 bridgehead atoms. The summed E-state index contributed by atoms with van der Waals surface area (Å²) in [6, 6.07) is 8.30. The Kier molecular flexibility index (Phi) is 3.57. The topological polar surface area (TPSA) is 50.3 Å². The number of aromatic nitrogens is 1. The summed E-state index contributed by atoms with van der Waals surface area (Å²) in [5.41, 5.74) is 0.610. The van der Waals surface area contributed by atoms with E-state index in [-0.39, 0.29) is 23.2 Å². The van der Waals surface area contributed by atoms with Crippen molar-refractivity contribution in [3.8, 4) is 0 Å².